The molecule has 0 saturated heterocycles. The van der Waals surface area contributed by atoms with Crippen molar-refractivity contribution in [2.75, 3.05) is 0 Å². The summed E-state index contributed by atoms with van der Waals surface area (Å²) < 4.78 is 0. The molecule has 0 heteroatoms. The van der Waals surface area contributed by atoms with E-state index in [1.54, 1.807) is 0 Å². The molecule has 0 amide bonds. The SMILES string of the molecule is Cc1c(C(C)C)cc2c(C(C)C)cccc2c1C(C)C. The Labute approximate surface area is 124 Å². The molecule has 2 aromatic rings. The van der Waals surface area contributed by atoms with E-state index in [0.717, 1.165) is 0 Å². The van der Waals surface area contributed by atoms with Crippen molar-refractivity contribution in [3.8, 4) is 0 Å². The van der Waals surface area contributed by atoms with Gasteiger partial charge in [-0.15, -0.1) is 0 Å². The van der Waals surface area contributed by atoms with E-state index in [0.29, 0.717) is 17.8 Å². The monoisotopic (exact) mass is 268 g/mol. The van der Waals surface area contributed by atoms with E-state index in [4.69, 9.17) is 0 Å². The van der Waals surface area contributed by atoms with Gasteiger partial charge in [-0.1, -0.05) is 65.8 Å². The third-order valence-corrected chi connectivity index (χ3v) is 4.39. The van der Waals surface area contributed by atoms with Crippen molar-refractivity contribution < 1.29 is 0 Å². The Balaban J connectivity index is 2.93. The fourth-order valence-corrected chi connectivity index (χ4v) is 3.45. The van der Waals surface area contributed by atoms with Gasteiger partial charge in [-0.05, 0) is 57.7 Å². The van der Waals surface area contributed by atoms with E-state index in [9.17, 15) is 0 Å². The highest BCUT2D eigenvalue weighted by molar-refractivity contribution is 5.91. The molecule has 2 aromatic carbocycles. The quantitative estimate of drug-likeness (QED) is 0.594. The second kappa shape index (κ2) is 5.60. The molecule has 0 saturated carbocycles. The largest absolute Gasteiger partial charge is 0.0613 e. The number of hydrogen-bond acceptors (Lipinski definition) is 0. The molecular weight excluding hydrogens is 240 g/mol. The lowest BCUT2D eigenvalue weighted by Crippen LogP contribution is -2.03. The van der Waals surface area contributed by atoms with Crippen molar-refractivity contribution in [2.45, 2.75) is 66.2 Å². The van der Waals surface area contributed by atoms with E-state index in [1.165, 1.54) is 33.0 Å². The van der Waals surface area contributed by atoms with Crippen LogP contribution in [0.4, 0.5) is 0 Å². The molecule has 0 aliphatic carbocycles. The fourth-order valence-electron chi connectivity index (χ4n) is 3.45. The van der Waals surface area contributed by atoms with Crippen LogP contribution in [0.15, 0.2) is 24.3 Å². The Kier molecular flexibility index (Phi) is 4.22. The van der Waals surface area contributed by atoms with Crippen LogP contribution in [0.1, 0.15) is 81.5 Å². The molecular formula is C20H28. The van der Waals surface area contributed by atoms with Crippen LogP contribution < -0.4 is 0 Å². The molecule has 20 heavy (non-hydrogen) atoms. The van der Waals surface area contributed by atoms with Crippen molar-refractivity contribution in [1.29, 1.82) is 0 Å². The molecule has 0 nitrogen and oxygen atoms in total. The first-order chi connectivity index (χ1) is 9.34. The Hall–Kier alpha value is -1.30. The average molecular weight is 268 g/mol. The maximum atomic E-state index is 2.44. The van der Waals surface area contributed by atoms with Crippen molar-refractivity contribution in [1.82, 2.24) is 0 Å². The van der Waals surface area contributed by atoms with Gasteiger partial charge in [0.25, 0.3) is 0 Å². The van der Waals surface area contributed by atoms with Crippen LogP contribution >= 0.6 is 0 Å². The molecule has 0 N–H and O–H groups in total. The molecule has 0 spiro atoms. The van der Waals surface area contributed by atoms with Gasteiger partial charge in [-0.25, -0.2) is 0 Å². The molecule has 0 bridgehead atoms. The zero-order chi connectivity index (χ0) is 15.0. The third-order valence-electron chi connectivity index (χ3n) is 4.39. The standard InChI is InChI=1S/C20H28/c1-12(2)16-9-8-10-17-19(16)11-18(13(3)4)15(7)20(17)14(5)6/h8-14H,1-7H3. The van der Waals surface area contributed by atoms with Crippen LogP contribution in [-0.4, -0.2) is 0 Å². The molecule has 0 aromatic heterocycles. The molecule has 0 aliphatic rings. The average Bonchev–Trinajstić information content (AvgIpc) is 2.35. The summed E-state index contributed by atoms with van der Waals surface area (Å²) in [5.41, 5.74) is 6.01. The van der Waals surface area contributed by atoms with E-state index in [-0.39, 0.29) is 0 Å². The summed E-state index contributed by atoms with van der Waals surface area (Å²) in [5, 5.41) is 2.91. The van der Waals surface area contributed by atoms with Crippen molar-refractivity contribution in [3.63, 3.8) is 0 Å². The molecule has 108 valence electrons. The van der Waals surface area contributed by atoms with E-state index in [2.05, 4.69) is 72.7 Å². The predicted molar refractivity (Wildman–Crippen MR) is 91.0 cm³/mol. The minimum Gasteiger partial charge on any atom is -0.0613 e. The van der Waals surface area contributed by atoms with Gasteiger partial charge in [0.15, 0.2) is 0 Å². The molecule has 0 fully saturated rings. The Morgan fingerprint density at radius 3 is 1.80 bits per heavy atom. The van der Waals surface area contributed by atoms with Gasteiger partial charge in [-0.3, -0.25) is 0 Å². The van der Waals surface area contributed by atoms with Gasteiger partial charge in [0.1, 0.15) is 0 Å². The summed E-state index contributed by atoms with van der Waals surface area (Å²) in [5.74, 6) is 1.72. The smallest absolute Gasteiger partial charge is 0.0143 e. The first kappa shape index (κ1) is 15.1. The van der Waals surface area contributed by atoms with Gasteiger partial charge in [-0.2, -0.15) is 0 Å². The molecule has 0 atom stereocenters. The van der Waals surface area contributed by atoms with Crippen LogP contribution in [0.5, 0.6) is 0 Å². The lowest BCUT2D eigenvalue weighted by Gasteiger charge is -2.22. The molecule has 0 heterocycles. The Morgan fingerprint density at radius 2 is 1.30 bits per heavy atom. The zero-order valence-electron chi connectivity index (χ0n) is 14.0. The van der Waals surface area contributed by atoms with Gasteiger partial charge in [0.05, 0.1) is 0 Å². The normalized spacial score (nSPS) is 12.1. The third kappa shape index (κ3) is 2.49. The Morgan fingerprint density at radius 1 is 0.700 bits per heavy atom. The van der Waals surface area contributed by atoms with Crippen LogP contribution in [0.2, 0.25) is 0 Å². The maximum absolute atomic E-state index is 2.44. The molecule has 0 unspecified atom stereocenters. The van der Waals surface area contributed by atoms with E-state index < -0.39 is 0 Å². The minimum absolute atomic E-state index is 0.568. The number of rotatable bonds is 3. The van der Waals surface area contributed by atoms with Gasteiger partial charge < -0.3 is 0 Å². The number of fused-ring (bicyclic) bond motifs is 1. The summed E-state index contributed by atoms with van der Waals surface area (Å²) >= 11 is 0. The topological polar surface area (TPSA) is 0 Å². The van der Waals surface area contributed by atoms with Crippen LogP contribution in [0.25, 0.3) is 10.8 Å². The Bertz CT molecular complexity index is 615. The lowest BCUT2D eigenvalue weighted by atomic mass is 9.83. The van der Waals surface area contributed by atoms with E-state index in [1.807, 2.05) is 0 Å². The van der Waals surface area contributed by atoms with Gasteiger partial charge >= 0.3 is 0 Å². The molecule has 2 rings (SSSR count). The first-order valence-electron chi connectivity index (χ1n) is 7.90. The van der Waals surface area contributed by atoms with E-state index >= 15 is 0 Å². The maximum Gasteiger partial charge on any atom is -0.0143 e. The highest BCUT2D eigenvalue weighted by Crippen LogP contribution is 2.37. The first-order valence-corrected chi connectivity index (χ1v) is 7.90. The van der Waals surface area contributed by atoms with Crippen LogP contribution in [-0.2, 0) is 0 Å². The lowest BCUT2D eigenvalue weighted by molar-refractivity contribution is 0.823. The number of benzene rings is 2. The fraction of sp³-hybridized carbons (Fsp3) is 0.500. The van der Waals surface area contributed by atoms with Crippen LogP contribution in [0.3, 0.4) is 0 Å². The molecule has 0 radical (unpaired) electrons. The summed E-state index contributed by atoms with van der Waals surface area (Å²) in [7, 11) is 0. The van der Waals surface area contributed by atoms with Gasteiger partial charge in [0.2, 0.25) is 0 Å². The highest BCUT2D eigenvalue weighted by atomic mass is 14.2. The second-order valence-corrected chi connectivity index (χ2v) is 6.91. The van der Waals surface area contributed by atoms with Crippen molar-refractivity contribution in [2.24, 2.45) is 0 Å². The second-order valence-electron chi connectivity index (χ2n) is 6.91. The summed E-state index contributed by atoms with van der Waals surface area (Å²) in [6.07, 6.45) is 0. The summed E-state index contributed by atoms with van der Waals surface area (Å²) in [6, 6.07) is 9.25. The van der Waals surface area contributed by atoms with Crippen molar-refractivity contribution in [3.05, 3.63) is 46.5 Å². The zero-order valence-corrected chi connectivity index (χ0v) is 14.0. The summed E-state index contributed by atoms with van der Waals surface area (Å²) in [4.78, 5) is 0. The summed E-state index contributed by atoms with van der Waals surface area (Å²) in [6.45, 7) is 16.1. The number of hydrogen-bond donors (Lipinski definition) is 0. The highest BCUT2D eigenvalue weighted by Gasteiger charge is 2.17. The minimum atomic E-state index is 0.568. The van der Waals surface area contributed by atoms with Crippen LogP contribution in [0, 0.1) is 6.92 Å². The van der Waals surface area contributed by atoms with Crippen molar-refractivity contribution >= 4 is 10.8 Å². The molecule has 0 aliphatic heterocycles. The predicted octanol–water partition coefficient (Wildman–Crippen LogP) is 6.52. The van der Waals surface area contributed by atoms with Gasteiger partial charge in [0, 0.05) is 0 Å².